The Kier molecular flexibility index (Phi) is 4.69. The van der Waals surface area contributed by atoms with Gasteiger partial charge in [0.1, 0.15) is 5.69 Å². The third kappa shape index (κ3) is 3.06. The number of benzene rings is 1. The van der Waals surface area contributed by atoms with Crippen LogP contribution in [0, 0.1) is 35.1 Å². The Balaban J connectivity index is 3.05. The van der Waals surface area contributed by atoms with Crippen molar-refractivity contribution in [3.63, 3.8) is 0 Å². The Morgan fingerprint density at radius 3 is 1.90 bits per heavy atom. The van der Waals surface area contributed by atoms with Gasteiger partial charge in [0.25, 0.3) is 0 Å². The van der Waals surface area contributed by atoms with Gasteiger partial charge in [0.15, 0.2) is 23.3 Å². The zero-order chi connectivity index (χ0) is 15.6. The van der Waals surface area contributed by atoms with Gasteiger partial charge in [0.2, 0.25) is 5.91 Å². The first-order valence-electron chi connectivity index (χ1n) is 5.53. The van der Waals surface area contributed by atoms with Crippen molar-refractivity contribution in [1.82, 2.24) is 0 Å². The predicted molar refractivity (Wildman–Crippen MR) is 60.9 cm³/mol. The van der Waals surface area contributed by atoms with Crippen LogP contribution in [-0.4, -0.2) is 17.0 Å². The lowest BCUT2D eigenvalue weighted by atomic mass is 9.95. The summed E-state index contributed by atoms with van der Waals surface area (Å²) >= 11 is 0. The van der Waals surface area contributed by atoms with E-state index < -0.39 is 52.7 Å². The molecule has 20 heavy (non-hydrogen) atoms. The second-order valence-corrected chi connectivity index (χ2v) is 4.25. The molecule has 4 nitrogen and oxygen atoms in total. The van der Waals surface area contributed by atoms with E-state index in [4.69, 9.17) is 5.11 Å². The summed E-state index contributed by atoms with van der Waals surface area (Å²) in [5.41, 5.74) is -1.28. The number of amides is 1. The average molecular weight is 293 g/mol. The summed E-state index contributed by atoms with van der Waals surface area (Å²) in [7, 11) is 0. The van der Waals surface area contributed by atoms with Crippen molar-refractivity contribution in [2.45, 2.75) is 13.8 Å². The fourth-order valence-electron chi connectivity index (χ4n) is 1.36. The maximum absolute atomic E-state index is 13.3. The van der Waals surface area contributed by atoms with Gasteiger partial charge in [-0.05, 0) is 0 Å². The molecule has 1 rings (SSSR count). The summed E-state index contributed by atoms with van der Waals surface area (Å²) in [5, 5.41) is 10.4. The Morgan fingerprint density at radius 1 is 1.05 bits per heavy atom. The number of carbonyl (C=O) groups is 2. The summed E-state index contributed by atoms with van der Waals surface area (Å²) in [6, 6.07) is 0.00360. The van der Waals surface area contributed by atoms with Gasteiger partial charge in [-0.1, -0.05) is 13.8 Å². The van der Waals surface area contributed by atoms with E-state index in [1.165, 1.54) is 13.8 Å². The number of aliphatic carboxylic acids is 1. The molecular weight excluding hydrogens is 282 g/mol. The molecule has 0 saturated heterocycles. The number of rotatable bonds is 4. The molecule has 0 spiro atoms. The van der Waals surface area contributed by atoms with Crippen LogP contribution in [0.4, 0.5) is 23.2 Å². The summed E-state index contributed by atoms with van der Waals surface area (Å²) in [4.78, 5) is 22.3. The first kappa shape index (κ1) is 15.9. The van der Waals surface area contributed by atoms with Crippen LogP contribution in [0.2, 0.25) is 0 Å². The van der Waals surface area contributed by atoms with E-state index in [0.717, 1.165) is 0 Å². The molecule has 0 heterocycles. The Morgan fingerprint density at radius 2 is 1.50 bits per heavy atom. The molecule has 0 fully saturated rings. The number of hydrogen-bond donors (Lipinski definition) is 2. The second-order valence-electron chi connectivity index (χ2n) is 4.25. The van der Waals surface area contributed by atoms with Crippen LogP contribution in [0.5, 0.6) is 0 Å². The number of carboxylic acids is 1. The highest BCUT2D eigenvalue weighted by atomic mass is 19.2. The van der Waals surface area contributed by atoms with E-state index >= 15 is 0 Å². The summed E-state index contributed by atoms with van der Waals surface area (Å²) in [6.45, 7) is 2.42. The number of carbonyl (C=O) groups excluding carboxylic acids is 1. The van der Waals surface area contributed by atoms with E-state index in [1.807, 2.05) is 0 Å². The first-order valence-corrected chi connectivity index (χ1v) is 5.53. The van der Waals surface area contributed by atoms with Crippen molar-refractivity contribution in [2.75, 3.05) is 5.32 Å². The summed E-state index contributed by atoms with van der Waals surface area (Å²) < 4.78 is 52.5. The Bertz CT molecular complexity index is 536. The van der Waals surface area contributed by atoms with E-state index in [9.17, 15) is 27.2 Å². The molecule has 0 saturated carbocycles. The molecule has 0 aliphatic carbocycles. The maximum Gasteiger partial charge on any atom is 0.307 e. The molecule has 0 radical (unpaired) electrons. The summed E-state index contributed by atoms with van der Waals surface area (Å²) in [6.07, 6.45) is 0. The van der Waals surface area contributed by atoms with Gasteiger partial charge < -0.3 is 10.4 Å². The molecule has 1 aromatic carbocycles. The molecule has 0 aromatic heterocycles. The highest BCUT2D eigenvalue weighted by Crippen LogP contribution is 2.25. The van der Waals surface area contributed by atoms with Crippen LogP contribution in [0.25, 0.3) is 0 Å². The molecule has 2 atom stereocenters. The first-order chi connectivity index (χ1) is 9.16. The van der Waals surface area contributed by atoms with Gasteiger partial charge in [0.05, 0.1) is 5.92 Å². The van der Waals surface area contributed by atoms with Crippen molar-refractivity contribution in [3.8, 4) is 0 Å². The highest BCUT2D eigenvalue weighted by molar-refractivity contribution is 5.95. The SMILES string of the molecule is CC(C(=O)O)C(C)C(=O)Nc1c(F)c(F)cc(F)c1F. The van der Waals surface area contributed by atoms with Gasteiger partial charge in [-0.15, -0.1) is 0 Å². The fourth-order valence-corrected chi connectivity index (χ4v) is 1.36. The van der Waals surface area contributed by atoms with E-state index in [2.05, 4.69) is 0 Å². The van der Waals surface area contributed by atoms with Gasteiger partial charge >= 0.3 is 5.97 Å². The van der Waals surface area contributed by atoms with Gasteiger partial charge in [-0.2, -0.15) is 0 Å². The molecule has 1 amide bonds. The molecule has 0 aliphatic rings. The lowest BCUT2D eigenvalue weighted by Crippen LogP contribution is -2.30. The van der Waals surface area contributed by atoms with Crippen LogP contribution in [-0.2, 0) is 9.59 Å². The van der Waals surface area contributed by atoms with E-state index in [-0.39, 0.29) is 6.07 Å². The van der Waals surface area contributed by atoms with Crippen molar-refractivity contribution in [1.29, 1.82) is 0 Å². The minimum absolute atomic E-state index is 0.00360. The second kappa shape index (κ2) is 5.89. The monoisotopic (exact) mass is 293 g/mol. The van der Waals surface area contributed by atoms with Crippen LogP contribution < -0.4 is 5.32 Å². The molecule has 0 bridgehead atoms. The van der Waals surface area contributed by atoms with Crippen LogP contribution >= 0.6 is 0 Å². The molecule has 110 valence electrons. The fraction of sp³-hybridized carbons (Fsp3) is 0.333. The third-order valence-corrected chi connectivity index (χ3v) is 2.91. The normalized spacial score (nSPS) is 13.7. The minimum atomic E-state index is -1.76. The van der Waals surface area contributed by atoms with Crippen LogP contribution in [0.15, 0.2) is 6.07 Å². The van der Waals surface area contributed by atoms with Gasteiger partial charge in [0, 0.05) is 12.0 Å². The van der Waals surface area contributed by atoms with Crippen molar-refractivity contribution >= 4 is 17.6 Å². The Labute approximate surface area is 111 Å². The van der Waals surface area contributed by atoms with Crippen LogP contribution in [0.3, 0.4) is 0 Å². The van der Waals surface area contributed by atoms with Gasteiger partial charge in [-0.3, -0.25) is 9.59 Å². The van der Waals surface area contributed by atoms with Gasteiger partial charge in [-0.25, -0.2) is 17.6 Å². The molecule has 1 aromatic rings. The molecule has 8 heteroatoms. The lowest BCUT2D eigenvalue weighted by Gasteiger charge is -2.16. The van der Waals surface area contributed by atoms with E-state index in [0.29, 0.717) is 0 Å². The number of nitrogens with one attached hydrogen (secondary N) is 1. The molecular formula is C12H11F4NO3. The Hall–Kier alpha value is -2.12. The average Bonchev–Trinajstić information content (AvgIpc) is 2.39. The predicted octanol–water partition coefficient (Wildman–Crippen LogP) is 2.54. The number of anilines is 1. The minimum Gasteiger partial charge on any atom is -0.481 e. The zero-order valence-corrected chi connectivity index (χ0v) is 10.5. The van der Waals surface area contributed by atoms with Crippen LogP contribution in [0.1, 0.15) is 13.8 Å². The molecule has 0 aliphatic heterocycles. The van der Waals surface area contributed by atoms with E-state index in [1.54, 1.807) is 5.32 Å². The number of carboxylic acid groups (broad SMARTS) is 1. The molecule has 2 N–H and O–H groups in total. The quantitative estimate of drug-likeness (QED) is 0.662. The topological polar surface area (TPSA) is 66.4 Å². The third-order valence-electron chi connectivity index (χ3n) is 2.91. The number of hydrogen-bond acceptors (Lipinski definition) is 2. The van der Waals surface area contributed by atoms with Crippen molar-refractivity contribution < 1.29 is 32.3 Å². The number of halogens is 4. The zero-order valence-electron chi connectivity index (χ0n) is 10.5. The van der Waals surface area contributed by atoms with Crippen molar-refractivity contribution in [2.24, 2.45) is 11.8 Å². The smallest absolute Gasteiger partial charge is 0.307 e. The lowest BCUT2D eigenvalue weighted by molar-refractivity contribution is -0.145. The molecule has 2 unspecified atom stereocenters. The standard InChI is InChI=1S/C12H11F4NO3/c1-4(5(2)12(19)20)11(18)17-10-8(15)6(13)3-7(14)9(10)16/h3-5H,1-2H3,(H,17,18)(H,19,20). The largest absolute Gasteiger partial charge is 0.481 e. The van der Waals surface area contributed by atoms with Crippen molar-refractivity contribution in [3.05, 3.63) is 29.3 Å². The summed E-state index contributed by atoms with van der Waals surface area (Å²) in [5.74, 6) is -11.5. The highest BCUT2D eigenvalue weighted by Gasteiger charge is 2.28. The maximum atomic E-state index is 13.3.